The van der Waals surface area contributed by atoms with Gasteiger partial charge in [0.2, 0.25) is 0 Å². The quantitative estimate of drug-likeness (QED) is 0.528. The predicted molar refractivity (Wildman–Crippen MR) is 115 cm³/mol. The number of aromatic amines is 1. The van der Waals surface area contributed by atoms with Gasteiger partial charge in [-0.3, -0.25) is 28.9 Å². The molecule has 1 fully saturated rings. The van der Waals surface area contributed by atoms with E-state index in [1.54, 1.807) is 25.4 Å². The maximum atomic E-state index is 13.3. The van der Waals surface area contributed by atoms with Gasteiger partial charge in [0.1, 0.15) is 5.65 Å². The molecule has 0 spiro atoms. The number of fused-ring (bicyclic) bond motifs is 1. The minimum absolute atomic E-state index is 0.0163. The lowest BCUT2D eigenvalue weighted by Crippen LogP contribution is -2.34. The summed E-state index contributed by atoms with van der Waals surface area (Å²) >= 11 is 0. The molecule has 1 N–H and O–H groups in total. The summed E-state index contributed by atoms with van der Waals surface area (Å²) in [5.41, 5.74) is 0.164. The van der Waals surface area contributed by atoms with E-state index in [-0.39, 0.29) is 48.8 Å². The molecule has 0 unspecified atom stereocenters. The third kappa shape index (κ3) is 4.58. The number of hydrogen-bond acceptors (Lipinski definition) is 7. The van der Waals surface area contributed by atoms with E-state index in [9.17, 15) is 19.2 Å². The topological polar surface area (TPSA) is 127 Å². The molecule has 10 nitrogen and oxygen atoms in total. The van der Waals surface area contributed by atoms with Crippen LogP contribution in [0, 0.1) is 0 Å². The second-order valence-corrected chi connectivity index (χ2v) is 7.60. The molecule has 4 rings (SSSR count). The van der Waals surface area contributed by atoms with Crippen molar-refractivity contribution in [2.75, 3.05) is 13.2 Å². The van der Waals surface area contributed by atoms with Gasteiger partial charge in [-0.15, -0.1) is 0 Å². The van der Waals surface area contributed by atoms with Gasteiger partial charge in [0.05, 0.1) is 24.0 Å². The SMILES string of the molecule is CCOC(=O)CCN(Cc1cccnc1)C(=O)c1cnc2c(c1)c(=O)[nH]c(=O)n2C1CC1. The monoisotopic (exact) mass is 437 g/mol. The van der Waals surface area contributed by atoms with E-state index < -0.39 is 23.1 Å². The Labute approximate surface area is 182 Å². The fourth-order valence-electron chi connectivity index (χ4n) is 3.53. The highest BCUT2D eigenvalue weighted by atomic mass is 16.5. The Morgan fingerprint density at radius 1 is 1.28 bits per heavy atom. The number of ether oxygens (including phenoxy) is 1. The zero-order chi connectivity index (χ0) is 22.7. The van der Waals surface area contributed by atoms with Crippen LogP contribution in [0.4, 0.5) is 0 Å². The number of nitrogens with zero attached hydrogens (tertiary/aromatic N) is 4. The summed E-state index contributed by atoms with van der Waals surface area (Å²) in [4.78, 5) is 61.9. The Morgan fingerprint density at radius 3 is 2.78 bits per heavy atom. The molecular formula is C22H23N5O5. The van der Waals surface area contributed by atoms with Gasteiger partial charge in [-0.1, -0.05) is 6.07 Å². The van der Waals surface area contributed by atoms with Crippen LogP contribution in [0.25, 0.3) is 11.0 Å². The Bertz CT molecular complexity index is 1260. The number of pyridine rings is 2. The third-order valence-corrected chi connectivity index (χ3v) is 5.21. The molecule has 3 heterocycles. The standard InChI is InChI=1S/C22H23N5O5/c1-2-32-18(28)7-9-26(13-14-4-3-8-23-11-14)21(30)15-10-17-19(24-12-15)27(16-5-6-16)22(31)25-20(17)29/h3-4,8,10-12,16H,2,5-7,9,13H2,1H3,(H,25,29,31). The summed E-state index contributed by atoms with van der Waals surface area (Å²) in [6.45, 7) is 2.33. The summed E-state index contributed by atoms with van der Waals surface area (Å²) in [5, 5.41) is 0.175. The van der Waals surface area contributed by atoms with Crippen LogP contribution in [0.3, 0.4) is 0 Å². The van der Waals surface area contributed by atoms with Crippen LogP contribution in [-0.2, 0) is 16.1 Å². The summed E-state index contributed by atoms with van der Waals surface area (Å²) < 4.78 is 6.45. The highest BCUT2D eigenvalue weighted by molar-refractivity contribution is 5.97. The molecule has 3 aromatic heterocycles. The maximum absolute atomic E-state index is 13.3. The second kappa shape index (κ2) is 9.13. The van der Waals surface area contributed by atoms with Crippen LogP contribution in [0.1, 0.15) is 48.1 Å². The van der Waals surface area contributed by atoms with Crippen molar-refractivity contribution in [2.24, 2.45) is 0 Å². The first-order valence-corrected chi connectivity index (χ1v) is 10.5. The zero-order valence-electron chi connectivity index (χ0n) is 17.6. The fraction of sp³-hybridized carbons (Fsp3) is 0.364. The molecule has 1 aliphatic carbocycles. The molecule has 166 valence electrons. The summed E-state index contributed by atoms with van der Waals surface area (Å²) in [7, 11) is 0. The van der Waals surface area contributed by atoms with Crippen LogP contribution in [0.5, 0.6) is 0 Å². The van der Waals surface area contributed by atoms with E-state index in [1.807, 2.05) is 6.07 Å². The molecule has 32 heavy (non-hydrogen) atoms. The Morgan fingerprint density at radius 2 is 2.09 bits per heavy atom. The first-order valence-electron chi connectivity index (χ1n) is 10.5. The van der Waals surface area contributed by atoms with Gasteiger partial charge in [-0.25, -0.2) is 9.78 Å². The van der Waals surface area contributed by atoms with Crippen molar-refractivity contribution in [1.82, 2.24) is 24.4 Å². The maximum Gasteiger partial charge on any atom is 0.330 e. The van der Waals surface area contributed by atoms with Crippen LogP contribution in [0.2, 0.25) is 0 Å². The van der Waals surface area contributed by atoms with Gasteiger partial charge in [0.25, 0.3) is 11.5 Å². The molecule has 0 aliphatic heterocycles. The largest absolute Gasteiger partial charge is 0.466 e. The molecule has 0 radical (unpaired) electrons. The normalized spacial score (nSPS) is 13.2. The summed E-state index contributed by atoms with van der Waals surface area (Å²) in [6.07, 6.45) is 6.35. The number of amides is 1. The second-order valence-electron chi connectivity index (χ2n) is 7.60. The van der Waals surface area contributed by atoms with E-state index in [0.717, 1.165) is 18.4 Å². The lowest BCUT2D eigenvalue weighted by atomic mass is 10.1. The number of carbonyl (C=O) groups excluding carboxylic acids is 2. The third-order valence-electron chi connectivity index (χ3n) is 5.21. The molecule has 1 aliphatic rings. The Kier molecular flexibility index (Phi) is 6.11. The van der Waals surface area contributed by atoms with Crippen molar-refractivity contribution in [3.63, 3.8) is 0 Å². The van der Waals surface area contributed by atoms with Crippen molar-refractivity contribution in [3.8, 4) is 0 Å². The van der Waals surface area contributed by atoms with Gasteiger partial charge in [-0.2, -0.15) is 0 Å². The van der Waals surface area contributed by atoms with Crippen molar-refractivity contribution in [3.05, 3.63) is 68.8 Å². The van der Waals surface area contributed by atoms with Gasteiger partial charge in [-0.05, 0) is 37.5 Å². The highest BCUT2D eigenvalue weighted by Gasteiger charge is 2.28. The molecule has 1 amide bonds. The molecule has 0 bridgehead atoms. The zero-order valence-corrected chi connectivity index (χ0v) is 17.6. The van der Waals surface area contributed by atoms with Crippen molar-refractivity contribution >= 4 is 22.9 Å². The number of rotatable bonds is 8. The minimum atomic E-state index is -0.589. The van der Waals surface area contributed by atoms with E-state index in [0.29, 0.717) is 0 Å². The van der Waals surface area contributed by atoms with Crippen LogP contribution in [0.15, 0.2) is 46.4 Å². The predicted octanol–water partition coefficient (Wildman–Crippen LogP) is 1.41. The lowest BCUT2D eigenvalue weighted by molar-refractivity contribution is -0.143. The number of esters is 1. The van der Waals surface area contributed by atoms with E-state index in [4.69, 9.17) is 4.74 Å². The molecular weight excluding hydrogens is 414 g/mol. The number of carbonyl (C=O) groups is 2. The van der Waals surface area contributed by atoms with E-state index in [2.05, 4.69) is 15.0 Å². The van der Waals surface area contributed by atoms with Gasteiger partial charge in [0, 0.05) is 37.7 Å². The Balaban J connectivity index is 1.66. The average molecular weight is 437 g/mol. The number of aromatic nitrogens is 4. The molecule has 3 aromatic rings. The number of H-pyrrole nitrogens is 1. The molecule has 0 atom stereocenters. The molecule has 0 saturated heterocycles. The molecule has 1 saturated carbocycles. The highest BCUT2D eigenvalue weighted by Crippen LogP contribution is 2.34. The minimum Gasteiger partial charge on any atom is -0.466 e. The van der Waals surface area contributed by atoms with Crippen molar-refractivity contribution in [2.45, 2.75) is 38.8 Å². The van der Waals surface area contributed by atoms with Gasteiger partial charge in [0.15, 0.2) is 0 Å². The van der Waals surface area contributed by atoms with Crippen molar-refractivity contribution in [1.29, 1.82) is 0 Å². The summed E-state index contributed by atoms with van der Waals surface area (Å²) in [5.74, 6) is -0.797. The van der Waals surface area contributed by atoms with Gasteiger partial charge >= 0.3 is 11.7 Å². The Hall–Kier alpha value is -3.82. The van der Waals surface area contributed by atoms with E-state index >= 15 is 0 Å². The van der Waals surface area contributed by atoms with Crippen molar-refractivity contribution < 1.29 is 14.3 Å². The summed E-state index contributed by atoms with van der Waals surface area (Å²) in [6, 6.07) is 5.05. The lowest BCUT2D eigenvalue weighted by Gasteiger charge is -2.22. The van der Waals surface area contributed by atoms with E-state index in [1.165, 1.54) is 21.7 Å². The van der Waals surface area contributed by atoms with Crippen LogP contribution >= 0.6 is 0 Å². The number of nitrogens with one attached hydrogen (secondary N) is 1. The average Bonchev–Trinajstić information content (AvgIpc) is 3.62. The number of hydrogen-bond donors (Lipinski definition) is 1. The first-order chi connectivity index (χ1) is 15.5. The first kappa shape index (κ1) is 21.4. The van der Waals surface area contributed by atoms with Gasteiger partial charge < -0.3 is 9.64 Å². The smallest absolute Gasteiger partial charge is 0.330 e. The fourth-order valence-corrected chi connectivity index (χ4v) is 3.53. The molecule has 10 heteroatoms. The van der Waals surface area contributed by atoms with Crippen LogP contribution < -0.4 is 11.2 Å². The van der Waals surface area contributed by atoms with Crippen LogP contribution in [-0.4, -0.2) is 49.4 Å². The molecule has 0 aromatic carbocycles.